The van der Waals surface area contributed by atoms with E-state index < -0.39 is 10.0 Å². The first kappa shape index (κ1) is 20.4. The molecule has 0 aromatic heterocycles. The predicted octanol–water partition coefficient (Wildman–Crippen LogP) is 4.59. The summed E-state index contributed by atoms with van der Waals surface area (Å²) in [5.74, 6) is 0.157. The van der Waals surface area contributed by atoms with Gasteiger partial charge in [-0.25, -0.2) is 12.8 Å². The number of thioether (sulfide) groups is 1. The van der Waals surface area contributed by atoms with Crippen LogP contribution in [0.1, 0.15) is 28.4 Å². The average molecular weight is 443 g/mol. The molecule has 0 bridgehead atoms. The second-order valence-electron chi connectivity index (χ2n) is 6.84. The molecule has 1 amide bonds. The van der Waals surface area contributed by atoms with E-state index in [0.717, 1.165) is 16.2 Å². The van der Waals surface area contributed by atoms with Crippen LogP contribution in [0.4, 0.5) is 10.1 Å². The van der Waals surface area contributed by atoms with Crippen LogP contribution in [0.15, 0.2) is 82.6 Å². The van der Waals surface area contributed by atoms with Gasteiger partial charge in [-0.1, -0.05) is 18.2 Å². The number of rotatable bonds is 5. The number of carbonyl (C=O) groups excluding carboxylic acids is 1. The number of benzene rings is 3. The largest absolute Gasteiger partial charge is 0.345 e. The summed E-state index contributed by atoms with van der Waals surface area (Å²) in [7, 11) is -3.75. The van der Waals surface area contributed by atoms with Crippen molar-refractivity contribution in [2.45, 2.75) is 22.3 Å². The Morgan fingerprint density at radius 3 is 2.47 bits per heavy atom. The first-order valence-corrected chi connectivity index (χ1v) is 11.8. The molecule has 0 saturated carbocycles. The van der Waals surface area contributed by atoms with E-state index in [4.69, 9.17) is 0 Å². The first-order chi connectivity index (χ1) is 14.4. The minimum absolute atomic E-state index is 0.0596. The monoisotopic (exact) mass is 442 g/mol. The molecule has 3 aromatic carbocycles. The molecule has 1 unspecified atom stereocenters. The van der Waals surface area contributed by atoms with Gasteiger partial charge in [-0.2, -0.15) is 0 Å². The van der Waals surface area contributed by atoms with Gasteiger partial charge in [-0.15, -0.1) is 11.8 Å². The van der Waals surface area contributed by atoms with E-state index in [1.54, 1.807) is 48.2 Å². The molecular weight excluding hydrogens is 423 g/mol. The van der Waals surface area contributed by atoms with Crippen LogP contribution >= 0.6 is 11.8 Å². The van der Waals surface area contributed by atoms with E-state index in [2.05, 4.69) is 10.0 Å². The number of amides is 1. The smallest absolute Gasteiger partial charge is 0.261 e. The second-order valence-corrected chi connectivity index (χ2v) is 9.66. The van der Waals surface area contributed by atoms with Gasteiger partial charge in [-0.3, -0.25) is 9.52 Å². The van der Waals surface area contributed by atoms with Crippen molar-refractivity contribution in [2.24, 2.45) is 0 Å². The molecular formula is C22H19FN2O3S2. The highest BCUT2D eigenvalue weighted by Gasteiger charge is 2.23. The van der Waals surface area contributed by atoms with Gasteiger partial charge in [0.1, 0.15) is 5.82 Å². The summed E-state index contributed by atoms with van der Waals surface area (Å²) in [6, 6.07) is 18.6. The lowest BCUT2D eigenvalue weighted by Gasteiger charge is -2.26. The van der Waals surface area contributed by atoms with Crippen LogP contribution < -0.4 is 10.0 Å². The Morgan fingerprint density at radius 2 is 1.73 bits per heavy atom. The molecule has 0 radical (unpaired) electrons. The SMILES string of the molecule is O=C(NC1CCSc2ccc(F)cc21)c1ccc(S(=O)(=O)Nc2ccccc2)cc1. The maximum atomic E-state index is 13.7. The van der Waals surface area contributed by atoms with Gasteiger partial charge in [0.05, 0.1) is 10.9 Å². The number of nitrogens with one attached hydrogen (secondary N) is 2. The Kier molecular flexibility index (Phi) is 5.78. The van der Waals surface area contributed by atoms with Gasteiger partial charge >= 0.3 is 0 Å². The molecule has 1 heterocycles. The zero-order valence-electron chi connectivity index (χ0n) is 15.8. The number of halogens is 1. The molecule has 0 spiro atoms. The van der Waals surface area contributed by atoms with Crippen LogP contribution in [0.5, 0.6) is 0 Å². The van der Waals surface area contributed by atoms with Crippen LogP contribution in [0.3, 0.4) is 0 Å². The molecule has 3 aromatic rings. The van der Waals surface area contributed by atoms with Crippen LogP contribution in [0, 0.1) is 5.82 Å². The number of para-hydroxylation sites is 1. The minimum Gasteiger partial charge on any atom is -0.345 e. The molecule has 0 saturated heterocycles. The zero-order chi connectivity index (χ0) is 21.1. The number of anilines is 1. The molecule has 1 atom stereocenters. The minimum atomic E-state index is -3.75. The van der Waals surface area contributed by atoms with Crippen LogP contribution in [0.2, 0.25) is 0 Å². The number of fused-ring (bicyclic) bond motifs is 1. The number of hydrogen-bond acceptors (Lipinski definition) is 4. The fourth-order valence-electron chi connectivity index (χ4n) is 3.26. The van der Waals surface area contributed by atoms with Crippen molar-refractivity contribution in [1.29, 1.82) is 0 Å². The summed E-state index contributed by atoms with van der Waals surface area (Å²) in [6.45, 7) is 0. The molecule has 8 heteroatoms. The fraction of sp³-hybridized carbons (Fsp3) is 0.136. The third kappa shape index (κ3) is 4.49. The van der Waals surface area contributed by atoms with E-state index in [9.17, 15) is 17.6 Å². The third-order valence-corrected chi connectivity index (χ3v) is 7.29. The lowest BCUT2D eigenvalue weighted by Crippen LogP contribution is -2.30. The normalized spacial score (nSPS) is 15.8. The maximum Gasteiger partial charge on any atom is 0.261 e. The van der Waals surface area contributed by atoms with Gasteiger partial charge in [0.25, 0.3) is 15.9 Å². The highest BCUT2D eigenvalue weighted by molar-refractivity contribution is 7.99. The summed E-state index contributed by atoms with van der Waals surface area (Å²) in [5, 5.41) is 2.93. The Bertz CT molecular complexity index is 1170. The number of sulfonamides is 1. The highest BCUT2D eigenvalue weighted by Crippen LogP contribution is 2.36. The zero-order valence-corrected chi connectivity index (χ0v) is 17.5. The summed E-state index contributed by atoms with van der Waals surface area (Å²) >= 11 is 1.64. The Labute approximate surface area is 178 Å². The van der Waals surface area contributed by atoms with Crippen LogP contribution in [-0.4, -0.2) is 20.1 Å². The molecule has 2 N–H and O–H groups in total. The fourth-order valence-corrected chi connectivity index (χ4v) is 5.43. The van der Waals surface area contributed by atoms with Gasteiger partial charge in [0, 0.05) is 21.9 Å². The van der Waals surface area contributed by atoms with E-state index in [1.807, 2.05) is 0 Å². The number of carbonyl (C=O) groups is 1. The van der Waals surface area contributed by atoms with Crippen molar-refractivity contribution >= 4 is 33.4 Å². The molecule has 1 aliphatic heterocycles. The quantitative estimate of drug-likeness (QED) is 0.606. The van der Waals surface area contributed by atoms with Crippen LogP contribution in [-0.2, 0) is 10.0 Å². The molecule has 0 aliphatic carbocycles. The topological polar surface area (TPSA) is 75.3 Å². The van der Waals surface area contributed by atoms with E-state index in [0.29, 0.717) is 17.7 Å². The summed E-state index contributed by atoms with van der Waals surface area (Å²) in [5.41, 5.74) is 1.57. The van der Waals surface area contributed by atoms with Crippen molar-refractivity contribution in [2.75, 3.05) is 10.5 Å². The predicted molar refractivity (Wildman–Crippen MR) is 116 cm³/mol. The van der Waals surface area contributed by atoms with Gasteiger partial charge in [0.2, 0.25) is 0 Å². The van der Waals surface area contributed by atoms with Crippen molar-refractivity contribution in [3.8, 4) is 0 Å². The Balaban J connectivity index is 1.48. The first-order valence-electron chi connectivity index (χ1n) is 9.33. The van der Waals surface area contributed by atoms with Crippen molar-refractivity contribution in [3.05, 3.63) is 89.7 Å². The molecule has 1 aliphatic rings. The second kappa shape index (κ2) is 8.49. The Morgan fingerprint density at radius 1 is 1.00 bits per heavy atom. The molecule has 30 heavy (non-hydrogen) atoms. The van der Waals surface area contributed by atoms with Crippen LogP contribution in [0.25, 0.3) is 0 Å². The lowest BCUT2D eigenvalue weighted by molar-refractivity contribution is 0.0934. The molecule has 0 fully saturated rings. The number of hydrogen-bond donors (Lipinski definition) is 2. The summed E-state index contributed by atoms with van der Waals surface area (Å²) in [4.78, 5) is 13.7. The summed E-state index contributed by atoms with van der Waals surface area (Å²) < 4.78 is 41.2. The third-order valence-electron chi connectivity index (χ3n) is 4.77. The molecule has 5 nitrogen and oxygen atoms in total. The van der Waals surface area contributed by atoms with E-state index >= 15 is 0 Å². The standard InChI is InChI=1S/C22H19FN2O3S2/c23-16-8-11-21-19(14-16)20(12-13-29-21)24-22(26)15-6-9-18(10-7-15)30(27,28)25-17-4-2-1-3-5-17/h1-11,14,20,25H,12-13H2,(H,24,26). The van der Waals surface area contributed by atoms with Crippen molar-refractivity contribution in [3.63, 3.8) is 0 Å². The molecule has 154 valence electrons. The van der Waals surface area contributed by atoms with Gasteiger partial charge in [0.15, 0.2) is 0 Å². The molecule has 4 rings (SSSR count). The van der Waals surface area contributed by atoms with E-state index in [-0.39, 0.29) is 22.7 Å². The lowest BCUT2D eigenvalue weighted by atomic mass is 10.0. The van der Waals surface area contributed by atoms with Crippen molar-refractivity contribution < 1.29 is 17.6 Å². The van der Waals surface area contributed by atoms with Gasteiger partial charge < -0.3 is 5.32 Å². The summed E-state index contributed by atoms with van der Waals surface area (Å²) in [6.07, 6.45) is 0.695. The Hall–Kier alpha value is -2.84. The van der Waals surface area contributed by atoms with Gasteiger partial charge in [-0.05, 0) is 66.6 Å². The highest BCUT2D eigenvalue weighted by atomic mass is 32.2. The average Bonchev–Trinajstić information content (AvgIpc) is 2.74. The van der Waals surface area contributed by atoms with Crippen molar-refractivity contribution in [1.82, 2.24) is 5.32 Å². The van der Waals surface area contributed by atoms with E-state index in [1.165, 1.54) is 36.4 Å². The maximum absolute atomic E-state index is 13.7.